The van der Waals surface area contributed by atoms with E-state index in [9.17, 15) is 0 Å². The highest BCUT2D eigenvalue weighted by Gasteiger charge is 2.20. The fourth-order valence-corrected chi connectivity index (χ4v) is 2.36. The molecule has 1 aromatic rings. The van der Waals surface area contributed by atoms with E-state index in [2.05, 4.69) is 68.2 Å². The fourth-order valence-electron chi connectivity index (χ4n) is 2.36. The molecule has 102 valence electrons. The van der Waals surface area contributed by atoms with Crippen molar-refractivity contribution >= 4 is 0 Å². The zero-order valence-corrected chi connectivity index (χ0v) is 12.3. The van der Waals surface area contributed by atoms with Crippen LogP contribution in [0.25, 0.3) is 0 Å². The van der Waals surface area contributed by atoms with Crippen molar-refractivity contribution in [3.63, 3.8) is 0 Å². The van der Waals surface area contributed by atoms with Gasteiger partial charge in [-0.2, -0.15) is 0 Å². The van der Waals surface area contributed by atoms with E-state index < -0.39 is 0 Å². The third-order valence-electron chi connectivity index (χ3n) is 3.48. The van der Waals surface area contributed by atoms with Gasteiger partial charge in [0.15, 0.2) is 0 Å². The Morgan fingerprint density at radius 2 is 1.78 bits per heavy atom. The van der Waals surface area contributed by atoms with Gasteiger partial charge in [-0.25, -0.2) is 0 Å². The second-order valence-corrected chi connectivity index (χ2v) is 5.17. The topological polar surface area (TPSA) is 15.3 Å². The van der Waals surface area contributed by atoms with Crippen LogP contribution in [0.4, 0.5) is 0 Å². The van der Waals surface area contributed by atoms with Gasteiger partial charge in [-0.15, -0.1) is 0 Å². The van der Waals surface area contributed by atoms with Gasteiger partial charge in [-0.05, 0) is 24.6 Å². The molecule has 0 aromatic heterocycles. The molecule has 0 saturated carbocycles. The summed E-state index contributed by atoms with van der Waals surface area (Å²) < 4.78 is 0. The van der Waals surface area contributed by atoms with Gasteiger partial charge in [0.25, 0.3) is 0 Å². The van der Waals surface area contributed by atoms with Crippen LogP contribution in [0.3, 0.4) is 0 Å². The standard InChI is InChI=1S/C16H28N2/c1-5-17-12-16(14(3)4)18(6-2)13-15-10-8-7-9-11-15/h7-11,14,16-17H,5-6,12-13H2,1-4H3. The molecule has 1 rings (SSSR count). The quantitative estimate of drug-likeness (QED) is 0.760. The molecule has 0 saturated heterocycles. The molecule has 1 unspecified atom stereocenters. The number of hydrogen-bond acceptors (Lipinski definition) is 2. The van der Waals surface area contributed by atoms with Gasteiger partial charge in [0, 0.05) is 19.1 Å². The Morgan fingerprint density at radius 3 is 2.28 bits per heavy atom. The highest BCUT2D eigenvalue weighted by molar-refractivity contribution is 5.14. The highest BCUT2D eigenvalue weighted by atomic mass is 15.2. The van der Waals surface area contributed by atoms with Gasteiger partial charge in [-0.1, -0.05) is 58.0 Å². The summed E-state index contributed by atoms with van der Waals surface area (Å²) in [6.45, 7) is 13.3. The van der Waals surface area contributed by atoms with E-state index in [4.69, 9.17) is 0 Å². The van der Waals surface area contributed by atoms with Crippen LogP contribution < -0.4 is 5.32 Å². The summed E-state index contributed by atoms with van der Waals surface area (Å²) in [6, 6.07) is 11.4. The van der Waals surface area contributed by atoms with Crippen molar-refractivity contribution in [1.82, 2.24) is 10.2 Å². The Morgan fingerprint density at radius 1 is 1.11 bits per heavy atom. The molecular formula is C16H28N2. The Bertz CT molecular complexity index is 308. The monoisotopic (exact) mass is 248 g/mol. The minimum Gasteiger partial charge on any atom is -0.315 e. The summed E-state index contributed by atoms with van der Waals surface area (Å²) >= 11 is 0. The molecule has 0 bridgehead atoms. The molecule has 0 amide bonds. The van der Waals surface area contributed by atoms with Crippen molar-refractivity contribution in [1.29, 1.82) is 0 Å². The van der Waals surface area contributed by atoms with Gasteiger partial charge in [-0.3, -0.25) is 4.90 Å². The van der Waals surface area contributed by atoms with Crippen LogP contribution in [-0.2, 0) is 6.54 Å². The number of likely N-dealkylation sites (N-methyl/N-ethyl adjacent to an activating group) is 2. The second-order valence-electron chi connectivity index (χ2n) is 5.17. The van der Waals surface area contributed by atoms with E-state index in [0.717, 1.165) is 26.2 Å². The Balaban J connectivity index is 2.66. The Hall–Kier alpha value is -0.860. The first kappa shape index (κ1) is 15.2. The molecule has 1 N–H and O–H groups in total. The van der Waals surface area contributed by atoms with Crippen LogP contribution in [0.15, 0.2) is 30.3 Å². The number of nitrogens with one attached hydrogen (secondary N) is 1. The minimum absolute atomic E-state index is 0.607. The summed E-state index contributed by atoms with van der Waals surface area (Å²) in [5, 5.41) is 3.49. The highest BCUT2D eigenvalue weighted by Crippen LogP contribution is 2.14. The molecule has 0 aliphatic carbocycles. The smallest absolute Gasteiger partial charge is 0.0247 e. The number of nitrogens with zero attached hydrogens (tertiary/aromatic N) is 1. The number of hydrogen-bond donors (Lipinski definition) is 1. The average molecular weight is 248 g/mol. The van der Waals surface area contributed by atoms with Crippen LogP contribution in [0, 0.1) is 5.92 Å². The second kappa shape index (κ2) is 8.28. The van der Waals surface area contributed by atoms with Gasteiger partial charge in [0.1, 0.15) is 0 Å². The molecule has 0 spiro atoms. The first-order valence-corrected chi connectivity index (χ1v) is 7.17. The van der Waals surface area contributed by atoms with Crippen LogP contribution >= 0.6 is 0 Å². The summed E-state index contributed by atoms with van der Waals surface area (Å²) in [7, 11) is 0. The first-order valence-electron chi connectivity index (χ1n) is 7.17. The number of benzene rings is 1. The van der Waals surface area contributed by atoms with Crippen molar-refractivity contribution in [2.24, 2.45) is 5.92 Å². The molecular weight excluding hydrogens is 220 g/mol. The lowest BCUT2D eigenvalue weighted by Gasteiger charge is -2.34. The third-order valence-corrected chi connectivity index (χ3v) is 3.48. The maximum Gasteiger partial charge on any atom is 0.0247 e. The van der Waals surface area contributed by atoms with Gasteiger partial charge in [0.2, 0.25) is 0 Å². The Kier molecular flexibility index (Phi) is 6.99. The molecule has 2 nitrogen and oxygen atoms in total. The molecule has 0 radical (unpaired) electrons. The zero-order valence-electron chi connectivity index (χ0n) is 12.3. The van der Waals surface area contributed by atoms with Crippen molar-refractivity contribution in [2.75, 3.05) is 19.6 Å². The van der Waals surface area contributed by atoms with Crippen molar-refractivity contribution in [2.45, 2.75) is 40.3 Å². The summed E-state index contributed by atoms with van der Waals surface area (Å²) in [5.41, 5.74) is 1.40. The van der Waals surface area contributed by atoms with Crippen molar-refractivity contribution in [3.8, 4) is 0 Å². The predicted molar refractivity (Wildman–Crippen MR) is 79.7 cm³/mol. The molecule has 0 aliphatic rings. The summed E-state index contributed by atoms with van der Waals surface area (Å²) in [5.74, 6) is 0.674. The van der Waals surface area contributed by atoms with Crippen LogP contribution in [0.2, 0.25) is 0 Å². The largest absolute Gasteiger partial charge is 0.315 e. The lowest BCUT2D eigenvalue weighted by atomic mass is 10.0. The molecule has 0 aliphatic heterocycles. The van der Waals surface area contributed by atoms with E-state index in [0.29, 0.717) is 12.0 Å². The molecule has 0 heterocycles. The third kappa shape index (κ3) is 4.79. The number of rotatable bonds is 8. The molecule has 1 aromatic carbocycles. The van der Waals surface area contributed by atoms with E-state index in [-0.39, 0.29) is 0 Å². The van der Waals surface area contributed by atoms with E-state index in [1.165, 1.54) is 5.56 Å². The lowest BCUT2D eigenvalue weighted by molar-refractivity contribution is 0.151. The van der Waals surface area contributed by atoms with Crippen LogP contribution in [-0.4, -0.2) is 30.6 Å². The first-order chi connectivity index (χ1) is 8.69. The Labute approximate surface area is 112 Å². The maximum absolute atomic E-state index is 3.49. The van der Waals surface area contributed by atoms with E-state index >= 15 is 0 Å². The molecule has 2 heteroatoms. The average Bonchev–Trinajstić information content (AvgIpc) is 2.38. The maximum atomic E-state index is 3.49. The molecule has 18 heavy (non-hydrogen) atoms. The lowest BCUT2D eigenvalue weighted by Crippen LogP contribution is -2.45. The van der Waals surface area contributed by atoms with Crippen LogP contribution in [0.5, 0.6) is 0 Å². The zero-order chi connectivity index (χ0) is 13.4. The van der Waals surface area contributed by atoms with E-state index in [1.54, 1.807) is 0 Å². The fraction of sp³-hybridized carbons (Fsp3) is 0.625. The normalized spacial score (nSPS) is 13.2. The summed E-state index contributed by atoms with van der Waals surface area (Å²) in [6.07, 6.45) is 0. The van der Waals surface area contributed by atoms with Gasteiger partial charge >= 0.3 is 0 Å². The van der Waals surface area contributed by atoms with Crippen molar-refractivity contribution in [3.05, 3.63) is 35.9 Å². The van der Waals surface area contributed by atoms with Crippen LogP contribution in [0.1, 0.15) is 33.3 Å². The predicted octanol–water partition coefficient (Wildman–Crippen LogP) is 3.14. The SMILES string of the molecule is CCNCC(C(C)C)N(CC)Cc1ccccc1. The molecule has 0 fully saturated rings. The molecule has 1 atom stereocenters. The minimum atomic E-state index is 0.607. The summed E-state index contributed by atoms with van der Waals surface area (Å²) in [4.78, 5) is 2.57. The van der Waals surface area contributed by atoms with Gasteiger partial charge in [0.05, 0.1) is 0 Å². The van der Waals surface area contributed by atoms with Crippen molar-refractivity contribution < 1.29 is 0 Å². The van der Waals surface area contributed by atoms with E-state index in [1.807, 2.05) is 0 Å². The van der Waals surface area contributed by atoms with Gasteiger partial charge < -0.3 is 5.32 Å².